The summed E-state index contributed by atoms with van der Waals surface area (Å²) in [6.07, 6.45) is 1.53. The van der Waals surface area contributed by atoms with Gasteiger partial charge in [0.25, 0.3) is 0 Å². The van der Waals surface area contributed by atoms with Crippen LogP contribution in [-0.2, 0) is 9.53 Å². The number of ether oxygens (including phenoxy) is 1. The number of halogens is 2. The summed E-state index contributed by atoms with van der Waals surface area (Å²) < 4.78 is 28.1. The molecule has 3 aliphatic rings. The number of amides is 1. The lowest BCUT2D eigenvalue weighted by atomic mass is 9.63. The molecule has 1 aliphatic carbocycles. The van der Waals surface area contributed by atoms with Crippen molar-refractivity contribution < 1.29 is 18.3 Å². The van der Waals surface area contributed by atoms with E-state index in [0.717, 1.165) is 12.8 Å². The highest BCUT2D eigenvalue weighted by atomic mass is 32.2. The van der Waals surface area contributed by atoms with Gasteiger partial charge in [-0.2, -0.15) is 20.5 Å². The van der Waals surface area contributed by atoms with Crippen LogP contribution in [0.2, 0.25) is 0 Å². The van der Waals surface area contributed by atoms with Crippen LogP contribution in [0.15, 0.2) is 0 Å². The first-order valence-electron chi connectivity index (χ1n) is 5.88. The normalized spacial score (nSPS) is 27.8. The van der Waals surface area contributed by atoms with Crippen molar-refractivity contribution in [2.75, 3.05) is 24.6 Å². The number of carbonyl (C=O) groups is 1. The molecule has 1 spiro atoms. The highest BCUT2D eigenvalue weighted by Crippen LogP contribution is 2.56. The Morgan fingerprint density at radius 2 is 2.00 bits per heavy atom. The Kier molecular flexibility index (Phi) is 2.82. The summed E-state index contributed by atoms with van der Waals surface area (Å²) in [4.78, 5) is 13.6. The number of thioether (sulfide) groups is 1. The second-order valence-corrected chi connectivity index (χ2v) is 6.35. The minimum Gasteiger partial charge on any atom is -0.337 e. The van der Waals surface area contributed by atoms with Crippen molar-refractivity contribution in [1.82, 2.24) is 4.90 Å². The maximum Gasteiger partial charge on any atom is 0.345 e. The molecule has 6 heteroatoms. The number of hydrogen-bond acceptors (Lipinski definition) is 3. The third-order valence-corrected chi connectivity index (χ3v) is 5.61. The predicted octanol–water partition coefficient (Wildman–Crippen LogP) is 1.58. The van der Waals surface area contributed by atoms with Crippen LogP contribution < -0.4 is 0 Å². The van der Waals surface area contributed by atoms with E-state index >= 15 is 0 Å². The molecule has 2 saturated heterocycles. The smallest absolute Gasteiger partial charge is 0.337 e. The van der Waals surface area contributed by atoms with Gasteiger partial charge >= 0.3 is 6.61 Å². The molecule has 0 aromatic rings. The zero-order chi connectivity index (χ0) is 12.0. The molecule has 3 rings (SSSR count). The average molecular weight is 263 g/mol. The summed E-state index contributed by atoms with van der Waals surface area (Å²) >= 11 is 1.94. The molecule has 0 atom stereocenters. The number of carbonyl (C=O) groups excluding carboxylic acids is 1. The van der Waals surface area contributed by atoms with E-state index in [1.807, 2.05) is 11.8 Å². The summed E-state index contributed by atoms with van der Waals surface area (Å²) in [6, 6.07) is 0. The zero-order valence-corrected chi connectivity index (χ0v) is 10.2. The number of likely N-dealkylation sites (tertiary alicyclic amines) is 1. The fourth-order valence-electron chi connectivity index (χ4n) is 2.89. The van der Waals surface area contributed by atoms with E-state index in [4.69, 9.17) is 0 Å². The highest BCUT2D eigenvalue weighted by Gasteiger charge is 2.53. The molecule has 3 nitrogen and oxygen atoms in total. The van der Waals surface area contributed by atoms with Gasteiger partial charge in [-0.1, -0.05) is 0 Å². The molecule has 0 radical (unpaired) electrons. The number of rotatable bonds is 3. The van der Waals surface area contributed by atoms with Crippen molar-refractivity contribution in [3.63, 3.8) is 0 Å². The SMILES string of the molecule is O=C(C1CC2(CSC2)C1)N1CC(OC(F)F)C1. The van der Waals surface area contributed by atoms with Crippen molar-refractivity contribution >= 4 is 17.7 Å². The van der Waals surface area contributed by atoms with Crippen molar-refractivity contribution in [2.24, 2.45) is 11.3 Å². The van der Waals surface area contributed by atoms with Crippen molar-refractivity contribution in [2.45, 2.75) is 25.6 Å². The Morgan fingerprint density at radius 1 is 1.35 bits per heavy atom. The van der Waals surface area contributed by atoms with E-state index in [9.17, 15) is 13.6 Å². The van der Waals surface area contributed by atoms with E-state index in [1.165, 1.54) is 11.5 Å². The first-order valence-corrected chi connectivity index (χ1v) is 7.04. The molecule has 3 fully saturated rings. The van der Waals surface area contributed by atoms with Crippen molar-refractivity contribution in [3.05, 3.63) is 0 Å². The fourth-order valence-corrected chi connectivity index (χ4v) is 4.15. The first-order chi connectivity index (χ1) is 8.08. The van der Waals surface area contributed by atoms with E-state index in [1.54, 1.807) is 4.90 Å². The maximum absolute atomic E-state index is 11.9. The maximum atomic E-state index is 11.9. The minimum atomic E-state index is -2.73. The van der Waals surface area contributed by atoms with Gasteiger partial charge in [-0.15, -0.1) is 0 Å². The van der Waals surface area contributed by atoms with E-state index in [0.29, 0.717) is 18.5 Å². The topological polar surface area (TPSA) is 29.5 Å². The van der Waals surface area contributed by atoms with Crippen LogP contribution >= 0.6 is 11.8 Å². The van der Waals surface area contributed by atoms with Gasteiger partial charge in [0.15, 0.2) is 0 Å². The summed E-state index contributed by atoms with van der Waals surface area (Å²) in [5, 5.41) is 0. The summed E-state index contributed by atoms with van der Waals surface area (Å²) in [7, 11) is 0. The van der Waals surface area contributed by atoms with Gasteiger partial charge in [0, 0.05) is 19.0 Å². The Hall–Kier alpha value is -0.360. The molecule has 96 valence electrons. The molecule has 0 aromatic carbocycles. The molecule has 2 aliphatic heterocycles. The van der Waals surface area contributed by atoms with Gasteiger partial charge in [-0.3, -0.25) is 4.79 Å². The van der Waals surface area contributed by atoms with Gasteiger partial charge in [0.05, 0.1) is 6.10 Å². The average Bonchev–Trinajstić information content (AvgIpc) is 2.04. The van der Waals surface area contributed by atoms with Crippen LogP contribution in [0.1, 0.15) is 12.8 Å². The predicted molar refractivity (Wildman–Crippen MR) is 59.9 cm³/mol. The summed E-state index contributed by atoms with van der Waals surface area (Å²) in [6.45, 7) is -2.06. The molecule has 0 aromatic heterocycles. The molecule has 2 heterocycles. The van der Waals surface area contributed by atoms with Crippen LogP contribution in [0, 0.1) is 11.3 Å². The van der Waals surface area contributed by atoms with Crippen molar-refractivity contribution in [1.29, 1.82) is 0 Å². The van der Waals surface area contributed by atoms with Gasteiger partial charge in [0.1, 0.15) is 0 Å². The third-order valence-electron chi connectivity index (χ3n) is 3.98. The number of nitrogens with zero attached hydrogens (tertiary/aromatic N) is 1. The van der Waals surface area contributed by atoms with Crippen LogP contribution in [0.5, 0.6) is 0 Å². The van der Waals surface area contributed by atoms with Gasteiger partial charge in [0.2, 0.25) is 5.91 Å². The van der Waals surface area contributed by atoms with Crippen LogP contribution in [0.25, 0.3) is 0 Å². The zero-order valence-electron chi connectivity index (χ0n) is 9.40. The molecule has 0 unspecified atom stereocenters. The monoisotopic (exact) mass is 263 g/mol. The van der Waals surface area contributed by atoms with Crippen LogP contribution in [0.4, 0.5) is 8.78 Å². The fraction of sp³-hybridized carbons (Fsp3) is 0.909. The quantitative estimate of drug-likeness (QED) is 0.774. The summed E-state index contributed by atoms with van der Waals surface area (Å²) in [5.41, 5.74) is 0.453. The molecule has 17 heavy (non-hydrogen) atoms. The van der Waals surface area contributed by atoms with Crippen molar-refractivity contribution in [3.8, 4) is 0 Å². The van der Waals surface area contributed by atoms with Crippen LogP contribution in [0.3, 0.4) is 0 Å². The summed E-state index contributed by atoms with van der Waals surface area (Å²) in [5.74, 6) is 2.66. The second-order valence-electron chi connectivity index (χ2n) is 5.36. The molecule has 0 bridgehead atoms. The Labute approximate surface area is 103 Å². The molecule has 1 amide bonds. The van der Waals surface area contributed by atoms with E-state index < -0.39 is 12.7 Å². The minimum absolute atomic E-state index is 0.140. The van der Waals surface area contributed by atoms with Gasteiger partial charge < -0.3 is 9.64 Å². The Balaban J connectivity index is 1.41. The lowest BCUT2D eigenvalue weighted by molar-refractivity contribution is -0.202. The molecular formula is C11H15F2NO2S. The molecular weight excluding hydrogens is 248 g/mol. The molecule has 0 N–H and O–H groups in total. The lowest BCUT2D eigenvalue weighted by Gasteiger charge is -2.54. The van der Waals surface area contributed by atoms with Gasteiger partial charge in [-0.25, -0.2) is 0 Å². The Bertz CT molecular complexity index is 321. The number of alkyl halides is 2. The third kappa shape index (κ3) is 2.05. The lowest BCUT2D eigenvalue weighted by Crippen LogP contribution is -2.60. The Morgan fingerprint density at radius 3 is 2.47 bits per heavy atom. The number of hydrogen-bond donors (Lipinski definition) is 0. The largest absolute Gasteiger partial charge is 0.345 e. The van der Waals surface area contributed by atoms with Crippen LogP contribution in [-0.4, -0.2) is 48.1 Å². The highest BCUT2D eigenvalue weighted by molar-refractivity contribution is 8.00. The molecule has 1 saturated carbocycles. The van der Waals surface area contributed by atoms with Gasteiger partial charge in [-0.05, 0) is 29.8 Å². The second kappa shape index (κ2) is 4.09. The standard InChI is InChI=1S/C11H15F2NO2S/c12-10(13)16-8-3-14(4-8)9(15)7-1-11(2-7)5-17-6-11/h7-8,10H,1-6H2. The van der Waals surface area contributed by atoms with E-state index in [2.05, 4.69) is 4.74 Å². The first kappa shape index (κ1) is 11.7. The van der Waals surface area contributed by atoms with E-state index in [-0.39, 0.29) is 11.8 Å².